The van der Waals surface area contributed by atoms with Crippen molar-refractivity contribution in [3.63, 3.8) is 0 Å². The van der Waals surface area contributed by atoms with Gasteiger partial charge in [0, 0.05) is 19.2 Å². The van der Waals surface area contributed by atoms with E-state index in [4.69, 9.17) is 14.9 Å². The lowest BCUT2D eigenvalue weighted by atomic mass is 10.2. The maximum absolute atomic E-state index is 11.3. The minimum atomic E-state index is -0.584. The number of allylic oxidation sites excluding steroid dienone is 1. The van der Waals surface area contributed by atoms with Crippen LogP contribution in [0.4, 0.5) is 0 Å². The van der Waals surface area contributed by atoms with Crippen molar-refractivity contribution in [3.8, 4) is 0 Å². The number of nitrogens with one attached hydrogen (secondary N) is 2. The Balaban J connectivity index is 2.39. The molecule has 0 aromatic carbocycles. The average molecular weight is 242 g/mol. The summed E-state index contributed by atoms with van der Waals surface area (Å²) >= 11 is 0. The smallest absolute Gasteiger partial charge is 0.354 e. The molecule has 6 nitrogen and oxygen atoms in total. The van der Waals surface area contributed by atoms with Crippen LogP contribution in [-0.2, 0) is 19.0 Å². The molecule has 0 aliphatic carbocycles. The highest BCUT2D eigenvalue weighted by Crippen LogP contribution is 2.21. The van der Waals surface area contributed by atoms with E-state index in [1.54, 1.807) is 0 Å². The fraction of sp³-hybridized carbons (Fsp3) is 0.636. The molecular formula is C11H18N2O4. The first-order chi connectivity index (χ1) is 8.11. The molecule has 0 aromatic rings. The number of esters is 1. The Hall–Kier alpha value is -1.40. The summed E-state index contributed by atoms with van der Waals surface area (Å²) in [5, 5.41) is 9.84. The van der Waals surface area contributed by atoms with Crippen molar-refractivity contribution in [2.24, 2.45) is 0 Å². The van der Waals surface area contributed by atoms with Crippen LogP contribution in [0.25, 0.3) is 0 Å². The third-order valence-corrected chi connectivity index (χ3v) is 2.45. The lowest BCUT2D eigenvalue weighted by Crippen LogP contribution is -2.32. The van der Waals surface area contributed by atoms with Gasteiger partial charge in [0.1, 0.15) is 5.70 Å². The first-order valence-corrected chi connectivity index (χ1v) is 5.42. The SMILES string of the molecule is COC(=O)/C(=C/C=N)NCCC1(C)OCCO1. The summed E-state index contributed by atoms with van der Waals surface area (Å²) in [5.41, 5.74) is 0.254. The van der Waals surface area contributed by atoms with E-state index in [-0.39, 0.29) is 5.70 Å². The van der Waals surface area contributed by atoms with Crippen LogP contribution in [0.15, 0.2) is 11.8 Å². The topological polar surface area (TPSA) is 80.6 Å². The van der Waals surface area contributed by atoms with Gasteiger partial charge in [-0.3, -0.25) is 0 Å². The Morgan fingerprint density at radius 3 is 2.71 bits per heavy atom. The van der Waals surface area contributed by atoms with Crippen molar-refractivity contribution in [3.05, 3.63) is 11.8 Å². The van der Waals surface area contributed by atoms with Crippen LogP contribution in [0.2, 0.25) is 0 Å². The summed E-state index contributed by atoms with van der Waals surface area (Å²) in [6.45, 7) is 3.55. The predicted octanol–water partition coefficient (Wildman–Crippen LogP) is 0.436. The standard InChI is InChI=1S/C11H18N2O4/c1-11(16-7-8-17-11)4-6-13-9(3-5-12)10(14)15-2/h3,5,12-13H,4,6-8H2,1-2H3/b9-3-,12-5?. The van der Waals surface area contributed by atoms with Crippen LogP contribution in [0.3, 0.4) is 0 Å². The van der Waals surface area contributed by atoms with E-state index in [9.17, 15) is 4.79 Å². The van der Waals surface area contributed by atoms with Gasteiger partial charge in [0.15, 0.2) is 5.79 Å². The van der Waals surface area contributed by atoms with Gasteiger partial charge in [-0.15, -0.1) is 0 Å². The van der Waals surface area contributed by atoms with Crippen molar-refractivity contribution in [2.75, 3.05) is 26.9 Å². The van der Waals surface area contributed by atoms with Gasteiger partial charge in [0.2, 0.25) is 0 Å². The van der Waals surface area contributed by atoms with Crippen molar-refractivity contribution < 1.29 is 19.0 Å². The zero-order valence-corrected chi connectivity index (χ0v) is 10.1. The summed E-state index contributed by atoms with van der Waals surface area (Å²) < 4.78 is 15.4. The Bertz CT molecular complexity index is 309. The third kappa shape index (κ3) is 4.16. The summed E-state index contributed by atoms with van der Waals surface area (Å²) in [5.74, 6) is -1.08. The molecule has 1 saturated heterocycles. The van der Waals surface area contributed by atoms with E-state index in [2.05, 4.69) is 10.1 Å². The van der Waals surface area contributed by atoms with Crippen molar-refractivity contribution in [1.29, 1.82) is 5.41 Å². The van der Waals surface area contributed by atoms with E-state index in [0.717, 1.165) is 6.21 Å². The molecule has 0 aromatic heterocycles. The summed E-state index contributed by atoms with van der Waals surface area (Å²) in [6, 6.07) is 0. The first-order valence-electron chi connectivity index (χ1n) is 5.42. The minimum absolute atomic E-state index is 0.254. The number of hydrogen-bond acceptors (Lipinski definition) is 6. The molecule has 17 heavy (non-hydrogen) atoms. The second-order valence-corrected chi connectivity index (χ2v) is 3.75. The van der Waals surface area contributed by atoms with Crippen molar-refractivity contribution >= 4 is 12.2 Å². The monoisotopic (exact) mass is 242 g/mol. The molecule has 1 aliphatic rings. The zero-order chi connectivity index (χ0) is 12.7. The molecule has 0 saturated carbocycles. The quantitative estimate of drug-likeness (QED) is 0.401. The molecule has 6 heteroatoms. The molecule has 0 spiro atoms. The average Bonchev–Trinajstić information content (AvgIpc) is 2.74. The maximum atomic E-state index is 11.3. The van der Waals surface area contributed by atoms with Crippen molar-refractivity contribution in [1.82, 2.24) is 5.32 Å². The third-order valence-electron chi connectivity index (χ3n) is 2.45. The minimum Gasteiger partial charge on any atom is -0.464 e. The van der Waals surface area contributed by atoms with Crippen LogP contribution in [0, 0.1) is 5.41 Å². The molecular weight excluding hydrogens is 224 g/mol. The molecule has 1 fully saturated rings. The molecule has 1 rings (SSSR count). The van der Waals surface area contributed by atoms with Gasteiger partial charge < -0.3 is 24.9 Å². The van der Waals surface area contributed by atoms with E-state index in [1.807, 2.05) is 6.92 Å². The second kappa shape index (κ2) is 6.36. The molecule has 2 N–H and O–H groups in total. The maximum Gasteiger partial charge on any atom is 0.354 e. The second-order valence-electron chi connectivity index (χ2n) is 3.75. The highest BCUT2D eigenvalue weighted by atomic mass is 16.7. The van der Waals surface area contributed by atoms with Crippen LogP contribution < -0.4 is 5.32 Å². The normalized spacial score (nSPS) is 18.8. The van der Waals surface area contributed by atoms with E-state index < -0.39 is 11.8 Å². The van der Waals surface area contributed by atoms with E-state index >= 15 is 0 Å². The molecule has 0 amide bonds. The van der Waals surface area contributed by atoms with Gasteiger partial charge in [-0.25, -0.2) is 4.79 Å². The zero-order valence-electron chi connectivity index (χ0n) is 10.1. The molecule has 0 radical (unpaired) electrons. The molecule has 0 unspecified atom stereocenters. The Kier molecular flexibility index (Phi) is 5.11. The van der Waals surface area contributed by atoms with Crippen LogP contribution in [-0.4, -0.2) is 44.8 Å². The number of carbonyl (C=O) groups excluding carboxylic acids is 1. The molecule has 0 bridgehead atoms. The first kappa shape index (κ1) is 13.7. The largest absolute Gasteiger partial charge is 0.464 e. The number of ether oxygens (including phenoxy) is 3. The highest BCUT2D eigenvalue weighted by molar-refractivity contribution is 5.92. The summed E-state index contributed by atoms with van der Waals surface area (Å²) in [6.07, 6.45) is 2.99. The van der Waals surface area contributed by atoms with E-state index in [1.165, 1.54) is 13.2 Å². The summed E-state index contributed by atoms with van der Waals surface area (Å²) in [7, 11) is 1.30. The van der Waals surface area contributed by atoms with Crippen LogP contribution >= 0.6 is 0 Å². The van der Waals surface area contributed by atoms with Gasteiger partial charge in [-0.05, 0) is 13.0 Å². The number of rotatable bonds is 6. The van der Waals surface area contributed by atoms with Crippen LogP contribution in [0.1, 0.15) is 13.3 Å². The highest BCUT2D eigenvalue weighted by Gasteiger charge is 2.30. The molecule has 1 heterocycles. The summed E-state index contributed by atoms with van der Waals surface area (Å²) in [4.78, 5) is 11.3. The molecule has 1 aliphatic heterocycles. The van der Waals surface area contributed by atoms with Gasteiger partial charge in [-0.2, -0.15) is 0 Å². The number of hydrogen-bond donors (Lipinski definition) is 2. The fourth-order valence-corrected chi connectivity index (χ4v) is 1.52. The van der Waals surface area contributed by atoms with Gasteiger partial charge in [-0.1, -0.05) is 0 Å². The Morgan fingerprint density at radius 2 is 2.18 bits per heavy atom. The van der Waals surface area contributed by atoms with Crippen LogP contribution in [0.5, 0.6) is 0 Å². The molecule has 96 valence electrons. The van der Waals surface area contributed by atoms with Crippen molar-refractivity contribution in [2.45, 2.75) is 19.1 Å². The Morgan fingerprint density at radius 1 is 1.53 bits per heavy atom. The van der Waals surface area contributed by atoms with E-state index in [0.29, 0.717) is 26.2 Å². The van der Waals surface area contributed by atoms with Gasteiger partial charge in [0.25, 0.3) is 0 Å². The lowest BCUT2D eigenvalue weighted by Gasteiger charge is -2.22. The molecule has 0 atom stereocenters. The van der Waals surface area contributed by atoms with Gasteiger partial charge >= 0.3 is 5.97 Å². The lowest BCUT2D eigenvalue weighted by molar-refractivity contribution is -0.146. The number of carbonyl (C=O) groups is 1. The van der Waals surface area contributed by atoms with Gasteiger partial charge in [0.05, 0.1) is 20.3 Å². The Labute approximate surface area is 100 Å². The number of methoxy groups -OCH3 is 1. The predicted molar refractivity (Wildman–Crippen MR) is 61.8 cm³/mol. The fourth-order valence-electron chi connectivity index (χ4n) is 1.52.